The zero-order chi connectivity index (χ0) is 14.8. The minimum absolute atomic E-state index is 0.526. The van der Waals surface area contributed by atoms with Crippen molar-refractivity contribution in [2.45, 2.75) is 13.8 Å². The average molecular weight is 279 g/mol. The van der Waals surface area contributed by atoms with Crippen molar-refractivity contribution in [1.29, 1.82) is 0 Å². The number of nitrogens with one attached hydrogen (secondary N) is 2. The van der Waals surface area contributed by atoms with E-state index in [1.54, 1.807) is 7.11 Å². The summed E-state index contributed by atoms with van der Waals surface area (Å²) in [5.41, 5.74) is 4.69. The third-order valence-corrected chi connectivity index (χ3v) is 2.96. The largest absolute Gasteiger partial charge is 0.383 e. The second-order valence-corrected chi connectivity index (χ2v) is 4.21. The molecule has 0 aliphatic rings. The first-order chi connectivity index (χ1) is 9.74. The molecule has 6 heteroatoms. The summed E-state index contributed by atoms with van der Waals surface area (Å²) >= 11 is 0. The molecule has 0 saturated carbocycles. The first-order valence-corrected chi connectivity index (χ1v) is 6.87. The Kier molecular flexibility index (Phi) is 7.46. The monoisotopic (exact) mass is 279 g/mol. The van der Waals surface area contributed by atoms with E-state index in [0.717, 1.165) is 18.8 Å². The molecule has 0 unspecified atom stereocenters. The fourth-order valence-corrected chi connectivity index (χ4v) is 1.85. The topological polar surface area (TPSA) is 74.9 Å². The molecule has 0 atom stereocenters. The van der Waals surface area contributed by atoms with Gasteiger partial charge < -0.3 is 15.0 Å². The molecule has 0 spiro atoms. The lowest BCUT2D eigenvalue weighted by Crippen LogP contribution is -2.36. The van der Waals surface area contributed by atoms with Gasteiger partial charge in [-0.1, -0.05) is 0 Å². The van der Waals surface area contributed by atoms with Crippen LogP contribution in [0.5, 0.6) is 0 Å². The number of benzene rings is 1. The van der Waals surface area contributed by atoms with E-state index in [4.69, 9.17) is 10.6 Å². The molecule has 1 aromatic rings. The molecule has 0 aliphatic heterocycles. The summed E-state index contributed by atoms with van der Waals surface area (Å²) in [5, 5.41) is 3.13. The van der Waals surface area contributed by atoms with Gasteiger partial charge in [-0.25, -0.2) is 10.8 Å². The van der Waals surface area contributed by atoms with E-state index in [1.807, 2.05) is 12.1 Å². The summed E-state index contributed by atoms with van der Waals surface area (Å²) in [6, 6.07) is 8.19. The molecule has 1 rings (SSSR count). The van der Waals surface area contributed by atoms with E-state index < -0.39 is 0 Å². The number of methoxy groups -OCH3 is 1. The van der Waals surface area contributed by atoms with Gasteiger partial charge in [0.05, 0.1) is 13.2 Å². The Morgan fingerprint density at radius 1 is 1.25 bits per heavy atom. The molecule has 0 bridgehead atoms. The van der Waals surface area contributed by atoms with Gasteiger partial charge in [0.25, 0.3) is 0 Å². The number of hydrazine groups is 1. The maximum atomic E-state index is 5.43. The van der Waals surface area contributed by atoms with Crippen molar-refractivity contribution in [2.75, 3.05) is 43.6 Å². The van der Waals surface area contributed by atoms with Crippen molar-refractivity contribution < 1.29 is 4.74 Å². The predicted octanol–water partition coefficient (Wildman–Crippen LogP) is 1.41. The molecule has 0 aliphatic carbocycles. The van der Waals surface area contributed by atoms with Crippen LogP contribution in [-0.4, -0.2) is 39.3 Å². The Morgan fingerprint density at radius 2 is 1.90 bits per heavy atom. The molecule has 0 amide bonds. The molecular weight excluding hydrogens is 254 g/mol. The highest BCUT2D eigenvalue weighted by Crippen LogP contribution is 2.17. The van der Waals surface area contributed by atoms with Crippen LogP contribution in [0.1, 0.15) is 13.8 Å². The lowest BCUT2D eigenvalue weighted by Gasteiger charge is -2.21. The zero-order valence-corrected chi connectivity index (χ0v) is 12.5. The summed E-state index contributed by atoms with van der Waals surface area (Å²) in [7, 11) is 1.64. The third kappa shape index (κ3) is 5.07. The summed E-state index contributed by atoms with van der Waals surface area (Å²) in [4.78, 5) is 6.54. The van der Waals surface area contributed by atoms with Gasteiger partial charge in [0.1, 0.15) is 0 Å². The Morgan fingerprint density at radius 3 is 2.40 bits per heavy atom. The van der Waals surface area contributed by atoms with E-state index >= 15 is 0 Å². The zero-order valence-electron chi connectivity index (χ0n) is 12.5. The third-order valence-electron chi connectivity index (χ3n) is 2.96. The summed E-state index contributed by atoms with van der Waals surface area (Å²) < 4.78 is 4.94. The number of anilines is 2. The van der Waals surface area contributed by atoms with E-state index in [-0.39, 0.29) is 0 Å². The lowest BCUT2D eigenvalue weighted by atomic mass is 10.2. The number of guanidine groups is 1. The average Bonchev–Trinajstić information content (AvgIpc) is 2.49. The first-order valence-electron chi connectivity index (χ1n) is 6.87. The van der Waals surface area contributed by atoms with E-state index in [0.29, 0.717) is 19.1 Å². The Balaban J connectivity index is 2.65. The van der Waals surface area contributed by atoms with Crippen LogP contribution in [0.25, 0.3) is 0 Å². The van der Waals surface area contributed by atoms with Crippen molar-refractivity contribution >= 4 is 17.3 Å². The minimum Gasteiger partial charge on any atom is -0.383 e. The maximum Gasteiger partial charge on any atom is 0.210 e. The second kappa shape index (κ2) is 9.17. The maximum absolute atomic E-state index is 5.43. The number of hydrogen-bond acceptors (Lipinski definition) is 4. The first kappa shape index (κ1) is 16.3. The highest BCUT2D eigenvalue weighted by atomic mass is 16.5. The summed E-state index contributed by atoms with van der Waals surface area (Å²) in [6.07, 6.45) is 0. The van der Waals surface area contributed by atoms with Crippen molar-refractivity contribution in [1.82, 2.24) is 5.43 Å². The SMILES string of the molecule is CCN(CC)c1ccc(NC(=NCCOC)NN)cc1. The van der Waals surface area contributed by atoms with E-state index in [1.165, 1.54) is 5.69 Å². The van der Waals surface area contributed by atoms with Gasteiger partial charge >= 0.3 is 0 Å². The molecule has 0 saturated heterocycles. The van der Waals surface area contributed by atoms with Crippen molar-refractivity contribution in [3.63, 3.8) is 0 Å². The smallest absolute Gasteiger partial charge is 0.210 e. The molecule has 4 N–H and O–H groups in total. The van der Waals surface area contributed by atoms with Crippen LogP contribution in [-0.2, 0) is 4.74 Å². The van der Waals surface area contributed by atoms with Crippen LogP contribution >= 0.6 is 0 Å². The fourth-order valence-electron chi connectivity index (χ4n) is 1.85. The molecule has 1 aromatic carbocycles. The van der Waals surface area contributed by atoms with Crippen LogP contribution in [0.3, 0.4) is 0 Å². The molecule has 112 valence electrons. The standard InChI is InChI=1S/C14H25N5O/c1-4-19(5-2)13-8-6-12(7-9-13)17-14(18-15)16-10-11-20-3/h6-9H,4-5,10-11,15H2,1-3H3,(H2,16,17,18). The highest BCUT2D eigenvalue weighted by molar-refractivity contribution is 5.93. The normalized spacial score (nSPS) is 11.3. The number of rotatable bonds is 7. The molecule has 0 heterocycles. The van der Waals surface area contributed by atoms with Crippen molar-refractivity contribution in [2.24, 2.45) is 10.8 Å². The highest BCUT2D eigenvalue weighted by Gasteiger charge is 2.02. The summed E-state index contributed by atoms with van der Waals surface area (Å²) in [6.45, 7) is 7.41. The van der Waals surface area contributed by atoms with Crippen LogP contribution < -0.4 is 21.5 Å². The van der Waals surface area contributed by atoms with Gasteiger partial charge in [-0.15, -0.1) is 0 Å². The van der Waals surface area contributed by atoms with Gasteiger partial charge in [-0.3, -0.25) is 5.43 Å². The van der Waals surface area contributed by atoms with Crippen LogP contribution in [0.15, 0.2) is 29.3 Å². The van der Waals surface area contributed by atoms with Crippen molar-refractivity contribution in [3.05, 3.63) is 24.3 Å². The quantitative estimate of drug-likeness (QED) is 0.231. The van der Waals surface area contributed by atoms with Gasteiger partial charge in [0, 0.05) is 31.6 Å². The van der Waals surface area contributed by atoms with Gasteiger partial charge in [-0.2, -0.15) is 0 Å². The number of nitrogens with zero attached hydrogens (tertiary/aromatic N) is 2. The van der Waals surface area contributed by atoms with E-state index in [2.05, 4.69) is 46.6 Å². The predicted molar refractivity (Wildman–Crippen MR) is 85.1 cm³/mol. The Labute approximate surface area is 121 Å². The Bertz CT molecular complexity index is 401. The Hall–Kier alpha value is -1.79. The number of nitrogens with two attached hydrogens (primary N) is 1. The summed E-state index contributed by atoms with van der Waals surface area (Å²) in [5.74, 6) is 5.96. The van der Waals surface area contributed by atoms with Crippen LogP contribution in [0.4, 0.5) is 11.4 Å². The molecule has 0 fully saturated rings. The number of aliphatic imine (C=N–C) groups is 1. The molecule has 20 heavy (non-hydrogen) atoms. The van der Waals surface area contributed by atoms with Crippen LogP contribution in [0.2, 0.25) is 0 Å². The molecule has 6 nitrogen and oxygen atoms in total. The molecule has 0 aromatic heterocycles. The number of hydrogen-bond donors (Lipinski definition) is 3. The molecular formula is C14H25N5O. The van der Waals surface area contributed by atoms with Gasteiger partial charge in [-0.05, 0) is 38.1 Å². The van der Waals surface area contributed by atoms with Crippen LogP contribution in [0, 0.1) is 0 Å². The fraction of sp³-hybridized carbons (Fsp3) is 0.500. The molecule has 0 radical (unpaired) electrons. The lowest BCUT2D eigenvalue weighted by molar-refractivity contribution is 0.208. The van der Waals surface area contributed by atoms with E-state index in [9.17, 15) is 0 Å². The second-order valence-electron chi connectivity index (χ2n) is 4.21. The minimum atomic E-state index is 0.526. The van der Waals surface area contributed by atoms with Gasteiger partial charge in [0.2, 0.25) is 5.96 Å². The number of ether oxygens (including phenoxy) is 1. The van der Waals surface area contributed by atoms with Gasteiger partial charge in [0.15, 0.2) is 0 Å². The van der Waals surface area contributed by atoms with Crippen molar-refractivity contribution in [3.8, 4) is 0 Å².